The number of carbonyl (C=O) groups excluding carboxylic acids is 3. The van der Waals surface area contributed by atoms with Crippen molar-refractivity contribution >= 4 is 40.8 Å². The summed E-state index contributed by atoms with van der Waals surface area (Å²) in [6.45, 7) is 9.10. The molecule has 1 spiro atoms. The number of nitrogens with one attached hydrogen (secondary N) is 2. The first-order valence-corrected chi connectivity index (χ1v) is 11.8. The van der Waals surface area contributed by atoms with E-state index in [2.05, 4.69) is 15.8 Å². The Labute approximate surface area is 207 Å². The van der Waals surface area contributed by atoms with Gasteiger partial charge in [-0.2, -0.15) is 0 Å². The first-order chi connectivity index (χ1) is 16.4. The molecule has 3 amide bonds. The van der Waals surface area contributed by atoms with Crippen LogP contribution in [0, 0.1) is 25.7 Å². The zero-order valence-electron chi connectivity index (χ0n) is 20.1. The van der Waals surface area contributed by atoms with E-state index >= 15 is 0 Å². The van der Waals surface area contributed by atoms with Gasteiger partial charge in [-0.25, -0.2) is 0 Å². The maximum absolute atomic E-state index is 14.1. The lowest BCUT2D eigenvalue weighted by Gasteiger charge is -2.35. The van der Waals surface area contributed by atoms with Crippen LogP contribution in [0.1, 0.15) is 32.1 Å². The van der Waals surface area contributed by atoms with Crippen molar-refractivity contribution in [2.45, 2.75) is 57.9 Å². The topological polar surface area (TPSA) is 114 Å². The highest BCUT2D eigenvalue weighted by atomic mass is 35.5. The van der Waals surface area contributed by atoms with Gasteiger partial charge in [-0.1, -0.05) is 35.0 Å². The number of halogens is 1. The van der Waals surface area contributed by atoms with Gasteiger partial charge in [-0.3, -0.25) is 19.3 Å². The van der Waals surface area contributed by atoms with Crippen LogP contribution in [0.25, 0.3) is 0 Å². The molecule has 2 bridgehead atoms. The summed E-state index contributed by atoms with van der Waals surface area (Å²) in [5.74, 6) is -2.12. The molecule has 0 unspecified atom stereocenters. The van der Waals surface area contributed by atoms with Crippen molar-refractivity contribution in [3.05, 3.63) is 52.8 Å². The highest BCUT2D eigenvalue weighted by Gasteiger charge is 2.73. The summed E-state index contributed by atoms with van der Waals surface area (Å²) in [5, 5.41) is 10.0. The van der Waals surface area contributed by atoms with E-state index in [1.165, 1.54) is 4.90 Å². The van der Waals surface area contributed by atoms with Gasteiger partial charge in [0.15, 0.2) is 5.82 Å². The van der Waals surface area contributed by atoms with E-state index < -0.39 is 41.0 Å². The van der Waals surface area contributed by atoms with Crippen molar-refractivity contribution in [3.8, 4) is 0 Å². The molecule has 3 aliphatic rings. The van der Waals surface area contributed by atoms with Crippen molar-refractivity contribution in [3.63, 3.8) is 0 Å². The third-order valence-electron chi connectivity index (χ3n) is 6.70. The number of hydrogen-bond donors (Lipinski definition) is 2. The van der Waals surface area contributed by atoms with Crippen LogP contribution in [0.3, 0.4) is 0 Å². The van der Waals surface area contributed by atoms with Crippen molar-refractivity contribution in [1.82, 2.24) is 10.5 Å². The fraction of sp³-hybridized carbons (Fsp3) is 0.440. The number of aromatic nitrogens is 1. The fourth-order valence-corrected chi connectivity index (χ4v) is 5.53. The summed E-state index contributed by atoms with van der Waals surface area (Å²) in [7, 11) is 0. The Kier molecular flexibility index (Phi) is 5.34. The minimum Gasteiger partial charge on any atom is -0.360 e. The van der Waals surface area contributed by atoms with Gasteiger partial charge in [0.2, 0.25) is 17.7 Å². The van der Waals surface area contributed by atoms with E-state index in [1.807, 2.05) is 20.8 Å². The van der Waals surface area contributed by atoms with E-state index in [9.17, 15) is 14.4 Å². The molecule has 35 heavy (non-hydrogen) atoms. The number of ether oxygens (including phenoxy) is 1. The third kappa shape index (κ3) is 3.65. The van der Waals surface area contributed by atoms with E-state index in [0.29, 0.717) is 22.0 Å². The van der Waals surface area contributed by atoms with E-state index in [1.54, 1.807) is 50.3 Å². The van der Waals surface area contributed by atoms with Crippen LogP contribution < -0.4 is 15.5 Å². The first kappa shape index (κ1) is 23.6. The molecule has 10 heteroatoms. The second-order valence-electron chi connectivity index (χ2n) is 10.3. The Morgan fingerprint density at radius 2 is 1.94 bits per heavy atom. The Morgan fingerprint density at radius 1 is 1.20 bits per heavy atom. The molecule has 5 atom stereocenters. The molecular formula is C25H27ClN4O5. The molecule has 2 fully saturated rings. The summed E-state index contributed by atoms with van der Waals surface area (Å²) < 4.78 is 11.4. The van der Waals surface area contributed by atoms with Crippen LogP contribution >= 0.6 is 11.6 Å². The number of aryl methyl sites for hydroxylation is 1. The standard InChI is InChI=1S/C25H27ClN4O5/c1-12-11-17(29-35-12)27-21(31)18-16-9-10-25(34-16)19(18)23(33)30(15-8-6-7-14(26)13(15)2)20(25)22(32)28-24(3,4)5/h6-11,16,18-20H,1-5H3,(H,28,32)(H,27,29,31)/t16-,18-,19-,20+,25-/m1/s1. The van der Waals surface area contributed by atoms with E-state index in [4.69, 9.17) is 20.9 Å². The van der Waals surface area contributed by atoms with E-state index in [0.717, 1.165) is 0 Å². The average molecular weight is 499 g/mol. The predicted octanol–water partition coefficient (Wildman–Crippen LogP) is 3.15. The van der Waals surface area contributed by atoms with Crippen LogP contribution in [0.2, 0.25) is 5.02 Å². The molecule has 2 saturated heterocycles. The number of nitrogens with zero attached hydrogens (tertiary/aromatic N) is 2. The van der Waals surface area contributed by atoms with Gasteiger partial charge in [-0.05, 0) is 52.3 Å². The smallest absolute Gasteiger partial charge is 0.246 e. The van der Waals surface area contributed by atoms with Crippen LogP contribution in [-0.4, -0.2) is 46.2 Å². The molecule has 2 aromatic rings. The number of anilines is 2. The van der Waals surface area contributed by atoms with Gasteiger partial charge in [0.05, 0.1) is 17.9 Å². The van der Waals surface area contributed by atoms with Crippen molar-refractivity contribution in [1.29, 1.82) is 0 Å². The summed E-state index contributed by atoms with van der Waals surface area (Å²) in [4.78, 5) is 42.6. The largest absolute Gasteiger partial charge is 0.360 e. The van der Waals surface area contributed by atoms with Crippen LogP contribution in [0.15, 0.2) is 40.9 Å². The second-order valence-corrected chi connectivity index (χ2v) is 10.8. The monoisotopic (exact) mass is 498 g/mol. The van der Waals surface area contributed by atoms with Gasteiger partial charge >= 0.3 is 0 Å². The lowest BCUT2D eigenvalue weighted by atomic mass is 9.74. The third-order valence-corrected chi connectivity index (χ3v) is 7.11. The van der Waals surface area contributed by atoms with Gasteiger partial charge in [0.1, 0.15) is 17.4 Å². The summed E-state index contributed by atoms with van der Waals surface area (Å²) in [5.41, 5.74) is -0.684. The Bertz CT molecular complexity index is 1260. The van der Waals surface area contributed by atoms with Gasteiger partial charge in [0, 0.05) is 22.3 Å². The molecule has 1 aromatic heterocycles. The Hall–Kier alpha value is -3.17. The highest BCUT2D eigenvalue weighted by molar-refractivity contribution is 6.32. The maximum atomic E-state index is 14.1. The molecule has 4 heterocycles. The van der Waals surface area contributed by atoms with Crippen molar-refractivity contribution < 1.29 is 23.6 Å². The first-order valence-electron chi connectivity index (χ1n) is 11.4. The normalized spacial score (nSPS) is 29.0. The van der Waals surface area contributed by atoms with Crippen LogP contribution in [-0.2, 0) is 19.1 Å². The molecule has 3 aliphatic heterocycles. The Morgan fingerprint density at radius 3 is 2.60 bits per heavy atom. The zero-order chi connectivity index (χ0) is 25.3. The molecule has 0 saturated carbocycles. The predicted molar refractivity (Wildman–Crippen MR) is 129 cm³/mol. The minimum atomic E-state index is -1.30. The van der Waals surface area contributed by atoms with Gasteiger partial charge < -0.3 is 19.9 Å². The molecule has 0 radical (unpaired) electrons. The quantitative estimate of drug-likeness (QED) is 0.626. The molecule has 5 rings (SSSR count). The average Bonchev–Trinajstić information content (AvgIpc) is 3.49. The number of fused-ring (bicyclic) bond motifs is 1. The lowest BCUT2D eigenvalue weighted by Crippen LogP contribution is -2.58. The Balaban J connectivity index is 1.59. The van der Waals surface area contributed by atoms with Crippen LogP contribution in [0.4, 0.5) is 11.5 Å². The summed E-state index contributed by atoms with van der Waals surface area (Å²) in [6.07, 6.45) is 2.87. The minimum absolute atomic E-state index is 0.253. The maximum Gasteiger partial charge on any atom is 0.246 e. The van der Waals surface area contributed by atoms with Crippen LogP contribution in [0.5, 0.6) is 0 Å². The number of benzene rings is 1. The van der Waals surface area contributed by atoms with Gasteiger partial charge in [-0.15, -0.1) is 0 Å². The number of rotatable bonds is 4. The number of carbonyl (C=O) groups is 3. The van der Waals surface area contributed by atoms with E-state index in [-0.39, 0.29) is 17.6 Å². The second kappa shape index (κ2) is 7.93. The SMILES string of the molecule is Cc1cc(NC(=O)[C@@H]2[C@H]3C=C[C@]4(O3)[C@H](C(=O)NC(C)(C)C)N(c3cccc(Cl)c3C)C(=O)[C@@H]24)no1. The summed E-state index contributed by atoms with van der Waals surface area (Å²) >= 11 is 6.38. The lowest BCUT2D eigenvalue weighted by molar-refractivity contribution is -0.129. The molecule has 0 aliphatic carbocycles. The molecule has 184 valence electrons. The zero-order valence-corrected chi connectivity index (χ0v) is 20.8. The molecule has 9 nitrogen and oxygen atoms in total. The summed E-state index contributed by atoms with van der Waals surface area (Å²) in [6, 6.07) is 5.77. The number of amides is 3. The van der Waals surface area contributed by atoms with Crippen molar-refractivity contribution in [2.75, 3.05) is 10.2 Å². The highest BCUT2D eigenvalue weighted by Crippen LogP contribution is 2.56. The molecule has 1 aromatic carbocycles. The molecular weight excluding hydrogens is 472 g/mol. The molecule has 2 N–H and O–H groups in total. The van der Waals surface area contributed by atoms with Gasteiger partial charge in [0.25, 0.3) is 0 Å². The number of hydrogen-bond acceptors (Lipinski definition) is 6. The fourth-order valence-electron chi connectivity index (χ4n) is 5.36. The van der Waals surface area contributed by atoms with Crippen molar-refractivity contribution in [2.24, 2.45) is 11.8 Å².